The van der Waals surface area contributed by atoms with E-state index in [1.165, 1.54) is 11.6 Å². The normalized spacial score (nSPS) is 11.0. The lowest BCUT2D eigenvalue weighted by atomic mass is 9.87. The fraction of sp³-hybridized carbons (Fsp3) is 0.300. The first-order chi connectivity index (χ1) is 13.2. The van der Waals surface area contributed by atoms with E-state index >= 15 is 0 Å². The number of benzene rings is 2. The highest BCUT2D eigenvalue weighted by molar-refractivity contribution is 7.92. The Hall–Kier alpha value is -2.22. The summed E-state index contributed by atoms with van der Waals surface area (Å²) in [6, 6.07) is 12.7. The predicted molar refractivity (Wildman–Crippen MR) is 113 cm³/mol. The summed E-state index contributed by atoms with van der Waals surface area (Å²) in [5, 5.41) is 10.9. The van der Waals surface area contributed by atoms with Gasteiger partial charge in [-0.25, -0.2) is 14.7 Å². The van der Waals surface area contributed by atoms with E-state index < -0.39 is 5.97 Å². The van der Waals surface area contributed by atoms with Gasteiger partial charge in [0, 0.05) is 13.1 Å². The number of hydrogen-bond donors (Lipinski definition) is 3. The second-order valence-corrected chi connectivity index (χ2v) is 8.03. The van der Waals surface area contributed by atoms with E-state index in [-0.39, 0.29) is 28.6 Å². The van der Waals surface area contributed by atoms with Crippen LogP contribution >= 0.6 is 23.8 Å². The van der Waals surface area contributed by atoms with Gasteiger partial charge in [-0.2, -0.15) is 0 Å². The van der Waals surface area contributed by atoms with E-state index in [9.17, 15) is 9.59 Å². The number of carbonyl (C=O) groups excluding carboxylic acids is 2. The number of nitrogens with two attached hydrogens (primary N) is 1. The summed E-state index contributed by atoms with van der Waals surface area (Å²) in [6.45, 7) is 7.18. The summed E-state index contributed by atoms with van der Waals surface area (Å²) in [5.41, 5.74) is 3.33. The Kier molecular flexibility index (Phi) is 7.74. The number of rotatable bonds is 6. The third-order valence-corrected chi connectivity index (χ3v) is 4.66. The van der Waals surface area contributed by atoms with Crippen LogP contribution in [0.4, 0.5) is 4.79 Å². The number of nitrogens with one attached hydrogen (secondary N) is 2. The molecular weight excluding hydrogens is 398 g/mol. The van der Waals surface area contributed by atoms with E-state index in [4.69, 9.17) is 16.7 Å². The van der Waals surface area contributed by atoms with Gasteiger partial charge in [-0.1, -0.05) is 62.7 Å². The molecule has 2 rings (SSSR count). The number of halogens is 1. The molecule has 4 N–H and O–H groups in total. The number of hydrogen-bond acceptors (Lipinski definition) is 5. The van der Waals surface area contributed by atoms with Crippen molar-refractivity contribution in [1.82, 2.24) is 10.6 Å². The average molecular weight is 422 g/mol. The summed E-state index contributed by atoms with van der Waals surface area (Å²) in [6.07, 6.45) is 0. The van der Waals surface area contributed by atoms with Crippen molar-refractivity contribution in [2.24, 2.45) is 5.14 Å². The fourth-order valence-electron chi connectivity index (χ4n) is 2.47. The van der Waals surface area contributed by atoms with Crippen LogP contribution in [0, 0.1) is 0 Å². The van der Waals surface area contributed by atoms with Gasteiger partial charge < -0.3 is 14.8 Å². The molecule has 2 aromatic carbocycles. The van der Waals surface area contributed by atoms with Crippen molar-refractivity contribution in [3.8, 4) is 0 Å². The molecule has 2 aromatic rings. The lowest BCUT2D eigenvalue weighted by Crippen LogP contribution is -2.34. The molecule has 6 nitrogen and oxygen atoms in total. The van der Waals surface area contributed by atoms with Crippen LogP contribution in [0.3, 0.4) is 0 Å². The highest BCUT2D eigenvalue weighted by Gasteiger charge is 2.14. The minimum atomic E-state index is -0.618. The molecule has 28 heavy (non-hydrogen) atoms. The molecule has 0 aliphatic carbocycles. The Morgan fingerprint density at radius 1 is 1.04 bits per heavy atom. The topological polar surface area (TPSA) is 93.5 Å². The van der Waals surface area contributed by atoms with Gasteiger partial charge in [0.2, 0.25) is 0 Å². The quantitative estimate of drug-likeness (QED) is 0.477. The van der Waals surface area contributed by atoms with Gasteiger partial charge in [-0.15, -0.1) is 0 Å². The third-order valence-electron chi connectivity index (χ3n) is 4.10. The van der Waals surface area contributed by atoms with Crippen LogP contribution < -0.4 is 15.8 Å². The lowest BCUT2D eigenvalue weighted by molar-refractivity contribution is 0.0768. The van der Waals surface area contributed by atoms with Gasteiger partial charge in [0.1, 0.15) is 12.2 Å². The van der Waals surface area contributed by atoms with Gasteiger partial charge in [-0.3, -0.25) is 0 Å². The molecule has 150 valence electrons. The Bertz CT molecular complexity index is 836. The molecule has 0 unspecified atom stereocenters. The summed E-state index contributed by atoms with van der Waals surface area (Å²) < 4.78 is 4.64. The molecule has 8 heteroatoms. The summed E-state index contributed by atoms with van der Waals surface area (Å²) in [4.78, 5) is 23.7. The maximum Gasteiger partial charge on any atom is 0.352 e. The van der Waals surface area contributed by atoms with Crippen molar-refractivity contribution in [2.75, 3.05) is 0 Å². The van der Waals surface area contributed by atoms with Crippen molar-refractivity contribution in [3.63, 3.8) is 0 Å². The van der Waals surface area contributed by atoms with E-state index in [0.717, 1.165) is 11.1 Å². The molecule has 0 aliphatic heterocycles. The Morgan fingerprint density at radius 3 is 2.14 bits per heavy atom. The van der Waals surface area contributed by atoms with Crippen molar-refractivity contribution in [2.45, 2.75) is 39.3 Å². The van der Waals surface area contributed by atoms with Crippen LogP contribution in [0.15, 0.2) is 42.5 Å². The van der Waals surface area contributed by atoms with Gasteiger partial charge in [0.05, 0.1) is 10.6 Å². The van der Waals surface area contributed by atoms with Crippen LogP contribution in [-0.2, 0) is 22.7 Å². The Morgan fingerprint density at radius 2 is 1.61 bits per heavy atom. The molecule has 0 radical (unpaired) electrons. The molecule has 0 saturated heterocycles. The second-order valence-electron chi connectivity index (χ2n) is 7.26. The van der Waals surface area contributed by atoms with E-state index in [2.05, 4.69) is 47.7 Å². The minimum absolute atomic E-state index is 0.0973. The van der Waals surface area contributed by atoms with Gasteiger partial charge in [0.25, 0.3) is 0 Å². The zero-order chi connectivity index (χ0) is 20.7. The summed E-state index contributed by atoms with van der Waals surface area (Å²) in [5.74, 6) is -0.618. The summed E-state index contributed by atoms with van der Waals surface area (Å²) >= 11 is 6.55. The first-order valence-electron chi connectivity index (χ1n) is 8.68. The molecule has 2 amide bonds. The van der Waals surface area contributed by atoms with Crippen molar-refractivity contribution in [1.29, 1.82) is 0 Å². The van der Waals surface area contributed by atoms with E-state index in [1.807, 2.05) is 12.1 Å². The van der Waals surface area contributed by atoms with Crippen LogP contribution in [0.5, 0.6) is 0 Å². The zero-order valence-electron chi connectivity index (χ0n) is 16.0. The maximum absolute atomic E-state index is 12.0. The minimum Gasteiger partial charge on any atom is -0.371 e. The second kappa shape index (κ2) is 9.82. The SMILES string of the molecule is CC(C)(C)c1ccc(CNC(=O)NCc2ccc(C(=O)OSN)c(Cl)c2)cc1. The number of amides is 2. The van der Waals surface area contributed by atoms with Crippen molar-refractivity contribution >= 4 is 35.8 Å². The highest BCUT2D eigenvalue weighted by atomic mass is 35.5. The smallest absolute Gasteiger partial charge is 0.352 e. The van der Waals surface area contributed by atoms with Crippen LogP contribution in [0.2, 0.25) is 5.02 Å². The molecule has 0 spiro atoms. The Balaban J connectivity index is 1.84. The molecule has 0 bridgehead atoms. The predicted octanol–water partition coefficient (Wildman–Crippen LogP) is 4.32. The van der Waals surface area contributed by atoms with Crippen molar-refractivity contribution < 1.29 is 13.8 Å². The molecule has 0 saturated carbocycles. The molecule has 0 aromatic heterocycles. The van der Waals surface area contributed by atoms with E-state index in [0.29, 0.717) is 18.8 Å². The first kappa shape index (κ1) is 22.1. The molecule has 0 aliphatic rings. The molecule has 0 fully saturated rings. The van der Waals surface area contributed by atoms with Gasteiger partial charge in [-0.05, 0) is 34.2 Å². The van der Waals surface area contributed by atoms with Gasteiger partial charge >= 0.3 is 12.0 Å². The standard InChI is InChI=1S/C20H24ClN3O3S/c1-20(2,3)15-7-4-13(5-8-15)11-23-19(26)24-12-14-6-9-16(17(21)10-14)18(25)27-28-22/h4-10H,11-12,22H2,1-3H3,(H2,23,24,26). The lowest BCUT2D eigenvalue weighted by Gasteiger charge is -2.19. The van der Waals surface area contributed by atoms with Crippen LogP contribution in [0.25, 0.3) is 0 Å². The first-order valence-corrected chi connectivity index (χ1v) is 9.86. The molecular formula is C20H24ClN3O3S. The fourth-order valence-corrected chi connectivity index (χ4v) is 2.93. The number of urea groups is 1. The zero-order valence-corrected chi connectivity index (χ0v) is 17.6. The third kappa shape index (κ3) is 6.44. The van der Waals surface area contributed by atoms with Crippen LogP contribution in [-0.4, -0.2) is 12.0 Å². The number of carbonyl (C=O) groups is 2. The summed E-state index contributed by atoms with van der Waals surface area (Å²) in [7, 11) is 0. The maximum atomic E-state index is 12.0. The Labute approximate surface area is 174 Å². The van der Waals surface area contributed by atoms with Gasteiger partial charge in [0.15, 0.2) is 0 Å². The molecule has 0 heterocycles. The molecule has 0 atom stereocenters. The monoisotopic (exact) mass is 421 g/mol. The van der Waals surface area contributed by atoms with E-state index in [1.54, 1.807) is 12.1 Å². The average Bonchev–Trinajstić information content (AvgIpc) is 2.64. The largest absolute Gasteiger partial charge is 0.371 e. The van der Waals surface area contributed by atoms with Crippen molar-refractivity contribution in [3.05, 3.63) is 69.7 Å². The van der Waals surface area contributed by atoms with Crippen LogP contribution in [0.1, 0.15) is 47.8 Å². The highest BCUT2D eigenvalue weighted by Crippen LogP contribution is 2.22.